The lowest BCUT2D eigenvalue weighted by atomic mass is 9.96. The Balaban J connectivity index is 1.49. The average molecular weight is 335 g/mol. The number of piperidine rings is 1. The summed E-state index contributed by atoms with van der Waals surface area (Å²) < 4.78 is 0. The van der Waals surface area contributed by atoms with E-state index in [1.807, 2.05) is 29.2 Å². The molecule has 1 aliphatic rings. The summed E-state index contributed by atoms with van der Waals surface area (Å²) in [5, 5.41) is 10.3. The van der Waals surface area contributed by atoms with E-state index in [1.165, 1.54) is 0 Å². The van der Waals surface area contributed by atoms with Gasteiger partial charge in [0.1, 0.15) is 0 Å². The lowest BCUT2D eigenvalue weighted by molar-refractivity contribution is -0.125. The van der Waals surface area contributed by atoms with E-state index < -0.39 is 0 Å². The number of halogens is 1. The first-order valence-electron chi connectivity index (χ1n) is 7.57. The average Bonchev–Trinajstić information content (AvgIpc) is 3.00. The van der Waals surface area contributed by atoms with E-state index in [-0.39, 0.29) is 11.8 Å². The molecule has 0 saturated carbocycles. The minimum atomic E-state index is 0.00465. The van der Waals surface area contributed by atoms with E-state index in [4.69, 9.17) is 17.3 Å². The number of amides is 1. The van der Waals surface area contributed by atoms with Crippen LogP contribution in [0.25, 0.3) is 0 Å². The van der Waals surface area contributed by atoms with Crippen molar-refractivity contribution >= 4 is 29.4 Å². The second-order valence-corrected chi connectivity index (χ2v) is 6.00. The van der Waals surface area contributed by atoms with Crippen molar-refractivity contribution in [3.05, 3.63) is 34.9 Å². The van der Waals surface area contributed by atoms with Crippen molar-refractivity contribution in [2.24, 2.45) is 5.92 Å². The van der Waals surface area contributed by atoms with Crippen LogP contribution < -0.4 is 16.0 Å². The van der Waals surface area contributed by atoms with Crippen LogP contribution >= 0.6 is 11.6 Å². The van der Waals surface area contributed by atoms with Crippen molar-refractivity contribution in [2.75, 3.05) is 23.7 Å². The molecular weight excluding hydrogens is 316 g/mol. The molecule has 0 aliphatic carbocycles. The van der Waals surface area contributed by atoms with Crippen LogP contribution in [-0.2, 0) is 11.3 Å². The van der Waals surface area contributed by atoms with Gasteiger partial charge in [-0.25, -0.2) is 5.10 Å². The molecule has 1 aliphatic heterocycles. The molecule has 2 heterocycles. The largest absolute Gasteiger partial charge is 0.368 e. The Labute approximate surface area is 139 Å². The summed E-state index contributed by atoms with van der Waals surface area (Å²) in [5.41, 5.74) is 6.46. The molecule has 2 aromatic rings. The number of carbonyl (C=O) groups is 1. The lowest BCUT2D eigenvalue weighted by Crippen LogP contribution is -2.40. The van der Waals surface area contributed by atoms with Crippen LogP contribution in [-0.4, -0.2) is 34.2 Å². The Morgan fingerprint density at radius 1 is 1.39 bits per heavy atom. The third kappa shape index (κ3) is 3.73. The highest BCUT2D eigenvalue weighted by atomic mass is 35.5. The van der Waals surface area contributed by atoms with Gasteiger partial charge in [0.15, 0.2) is 0 Å². The van der Waals surface area contributed by atoms with Gasteiger partial charge in [-0.15, -0.1) is 5.10 Å². The number of nitrogens with one attached hydrogen (secondary N) is 2. The Morgan fingerprint density at radius 2 is 2.13 bits per heavy atom. The van der Waals surface area contributed by atoms with Gasteiger partial charge in [-0.05, 0) is 24.5 Å². The summed E-state index contributed by atoms with van der Waals surface area (Å²) in [4.78, 5) is 18.4. The van der Waals surface area contributed by atoms with E-state index in [1.54, 1.807) is 0 Å². The Bertz CT molecular complexity index is 680. The molecule has 1 aromatic heterocycles. The maximum absolute atomic E-state index is 12.3. The van der Waals surface area contributed by atoms with Crippen molar-refractivity contribution in [1.29, 1.82) is 0 Å². The highest BCUT2D eigenvalue weighted by molar-refractivity contribution is 6.31. The number of nitrogen functional groups attached to an aromatic ring is 1. The van der Waals surface area contributed by atoms with E-state index in [0.29, 0.717) is 23.5 Å². The molecule has 1 fully saturated rings. The standard InChI is InChI=1S/C15H19ClN6O/c16-12-4-2-1-3-11(12)9-18-13(23)10-5-7-22(8-6-10)15-19-14(17)20-21-15/h1-4,10H,5-9H2,(H,18,23)(H3,17,19,20,21). The fraction of sp³-hybridized carbons (Fsp3) is 0.400. The molecule has 8 heteroatoms. The summed E-state index contributed by atoms with van der Waals surface area (Å²) in [6.07, 6.45) is 1.53. The highest BCUT2D eigenvalue weighted by Crippen LogP contribution is 2.21. The summed E-state index contributed by atoms with van der Waals surface area (Å²) >= 11 is 6.10. The quantitative estimate of drug-likeness (QED) is 0.788. The number of hydrogen-bond donors (Lipinski definition) is 3. The molecular formula is C15H19ClN6O. The van der Waals surface area contributed by atoms with E-state index in [9.17, 15) is 4.79 Å². The number of hydrogen-bond acceptors (Lipinski definition) is 5. The molecule has 1 aromatic carbocycles. The second kappa shape index (κ2) is 6.87. The van der Waals surface area contributed by atoms with Gasteiger partial charge >= 0.3 is 0 Å². The van der Waals surface area contributed by atoms with E-state index >= 15 is 0 Å². The van der Waals surface area contributed by atoms with Crippen molar-refractivity contribution in [1.82, 2.24) is 20.5 Å². The minimum Gasteiger partial charge on any atom is -0.368 e. The SMILES string of the molecule is Nc1nc(N2CCC(C(=O)NCc3ccccc3Cl)CC2)n[nH]1. The number of aromatic nitrogens is 3. The number of nitrogens with zero attached hydrogens (tertiary/aromatic N) is 3. The molecule has 3 rings (SSSR count). The van der Waals surface area contributed by atoms with Crippen LogP contribution in [0.2, 0.25) is 5.02 Å². The maximum Gasteiger partial charge on any atom is 0.246 e. The van der Waals surface area contributed by atoms with Crippen molar-refractivity contribution in [3.8, 4) is 0 Å². The zero-order valence-electron chi connectivity index (χ0n) is 12.6. The first kappa shape index (κ1) is 15.6. The number of carbonyl (C=O) groups excluding carboxylic acids is 1. The minimum absolute atomic E-state index is 0.00465. The van der Waals surface area contributed by atoms with Crippen LogP contribution in [0, 0.1) is 5.92 Å². The monoisotopic (exact) mass is 334 g/mol. The maximum atomic E-state index is 12.3. The first-order valence-corrected chi connectivity index (χ1v) is 7.95. The first-order chi connectivity index (χ1) is 11.1. The van der Waals surface area contributed by atoms with Crippen LogP contribution in [0.3, 0.4) is 0 Å². The van der Waals surface area contributed by atoms with Crippen LogP contribution in [0.15, 0.2) is 24.3 Å². The topological polar surface area (TPSA) is 99.9 Å². The van der Waals surface area contributed by atoms with Gasteiger partial charge in [0.25, 0.3) is 0 Å². The van der Waals surface area contributed by atoms with Gasteiger partial charge in [-0.1, -0.05) is 29.8 Å². The smallest absolute Gasteiger partial charge is 0.246 e. The van der Waals surface area contributed by atoms with Gasteiger partial charge in [-0.3, -0.25) is 4.79 Å². The number of rotatable bonds is 4. The number of benzene rings is 1. The van der Waals surface area contributed by atoms with E-state index in [0.717, 1.165) is 31.5 Å². The normalized spacial score (nSPS) is 15.6. The Kier molecular flexibility index (Phi) is 4.66. The third-order valence-corrected chi connectivity index (χ3v) is 4.42. The van der Waals surface area contributed by atoms with Gasteiger partial charge in [-0.2, -0.15) is 4.98 Å². The zero-order chi connectivity index (χ0) is 16.2. The Hall–Kier alpha value is -2.28. The molecule has 0 atom stereocenters. The molecule has 4 N–H and O–H groups in total. The fourth-order valence-electron chi connectivity index (χ4n) is 2.72. The lowest BCUT2D eigenvalue weighted by Gasteiger charge is -2.30. The van der Waals surface area contributed by atoms with E-state index in [2.05, 4.69) is 20.5 Å². The number of H-pyrrole nitrogens is 1. The number of anilines is 2. The predicted octanol–water partition coefficient (Wildman–Crippen LogP) is 1.57. The van der Waals surface area contributed by atoms with Crippen molar-refractivity contribution in [2.45, 2.75) is 19.4 Å². The summed E-state index contributed by atoms with van der Waals surface area (Å²) in [7, 11) is 0. The molecule has 1 saturated heterocycles. The highest BCUT2D eigenvalue weighted by Gasteiger charge is 2.26. The van der Waals surface area contributed by atoms with Gasteiger partial charge < -0.3 is 16.0 Å². The van der Waals surface area contributed by atoms with Crippen molar-refractivity contribution < 1.29 is 4.79 Å². The van der Waals surface area contributed by atoms with Crippen LogP contribution in [0.4, 0.5) is 11.9 Å². The third-order valence-electron chi connectivity index (χ3n) is 4.05. The molecule has 23 heavy (non-hydrogen) atoms. The zero-order valence-corrected chi connectivity index (χ0v) is 13.4. The van der Waals surface area contributed by atoms with Gasteiger partial charge in [0.05, 0.1) is 0 Å². The predicted molar refractivity (Wildman–Crippen MR) is 89.0 cm³/mol. The summed E-state index contributed by atoms with van der Waals surface area (Å²) in [5.74, 6) is 0.973. The summed E-state index contributed by atoms with van der Waals surface area (Å²) in [6.45, 7) is 1.93. The number of nitrogens with two attached hydrogens (primary N) is 1. The molecule has 0 spiro atoms. The number of aromatic amines is 1. The summed E-state index contributed by atoms with van der Waals surface area (Å²) in [6, 6.07) is 7.52. The molecule has 0 unspecified atom stereocenters. The molecule has 7 nitrogen and oxygen atoms in total. The Morgan fingerprint density at radius 3 is 2.78 bits per heavy atom. The molecule has 122 valence electrons. The van der Waals surface area contributed by atoms with Crippen LogP contribution in [0.1, 0.15) is 18.4 Å². The van der Waals surface area contributed by atoms with Gasteiger partial charge in [0, 0.05) is 30.6 Å². The fourth-order valence-corrected chi connectivity index (χ4v) is 2.92. The van der Waals surface area contributed by atoms with Gasteiger partial charge in [0.2, 0.25) is 17.8 Å². The molecule has 0 bridgehead atoms. The second-order valence-electron chi connectivity index (χ2n) is 5.59. The molecule has 0 radical (unpaired) electrons. The van der Waals surface area contributed by atoms with Crippen LogP contribution in [0.5, 0.6) is 0 Å². The van der Waals surface area contributed by atoms with Crippen molar-refractivity contribution in [3.63, 3.8) is 0 Å². The molecule has 1 amide bonds.